The topological polar surface area (TPSA) is 55.1 Å². The molecule has 92 valence electrons. The lowest BCUT2D eigenvalue weighted by Crippen LogP contribution is -2.14. The maximum absolute atomic E-state index is 13.4. The Morgan fingerprint density at radius 1 is 1.06 bits per heavy atom. The minimum Gasteiger partial charge on any atom is -0.399 e. The lowest BCUT2D eigenvalue weighted by atomic mass is 10.2. The molecule has 0 unspecified atom stereocenters. The van der Waals surface area contributed by atoms with Crippen molar-refractivity contribution in [1.29, 1.82) is 0 Å². The first kappa shape index (κ1) is 12.0. The van der Waals surface area contributed by atoms with Crippen molar-refractivity contribution in [3.05, 3.63) is 59.7 Å². The molecular weight excluding hydrogens is 238 g/mol. The average molecular weight is 248 g/mol. The van der Waals surface area contributed by atoms with Gasteiger partial charge in [-0.1, -0.05) is 12.1 Å². The molecule has 0 atom stereocenters. The van der Waals surface area contributed by atoms with Crippen LogP contribution in [0.15, 0.2) is 42.5 Å². The van der Waals surface area contributed by atoms with Gasteiger partial charge in [0.05, 0.1) is 11.3 Å². The average Bonchev–Trinajstić information content (AvgIpc) is 2.34. The molecule has 0 fully saturated rings. The molecular formula is C13H10F2N2O. The number of carbonyl (C=O) groups excluding carboxylic acids is 1. The van der Waals surface area contributed by atoms with Crippen molar-refractivity contribution in [1.82, 2.24) is 0 Å². The third kappa shape index (κ3) is 2.45. The summed E-state index contributed by atoms with van der Waals surface area (Å²) in [5, 5.41) is 2.27. The van der Waals surface area contributed by atoms with E-state index in [-0.39, 0.29) is 11.3 Å². The second-order valence-corrected chi connectivity index (χ2v) is 3.67. The van der Waals surface area contributed by atoms with Crippen LogP contribution >= 0.6 is 0 Å². The molecule has 0 aromatic heterocycles. The predicted octanol–water partition coefficient (Wildman–Crippen LogP) is 2.80. The molecule has 18 heavy (non-hydrogen) atoms. The van der Waals surface area contributed by atoms with Crippen LogP contribution in [-0.2, 0) is 0 Å². The Morgan fingerprint density at radius 2 is 1.78 bits per heavy atom. The molecule has 0 spiro atoms. The fourth-order valence-corrected chi connectivity index (χ4v) is 1.47. The Morgan fingerprint density at radius 3 is 2.50 bits per heavy atom. The molecule has 0 aliphatic carbocycles. The van der Waals surface area contributed by atoms with E-state index in [1.807, 2.05) is 0 Å². The zero-order chi connectivity index (χ0) is 13.1. The second kappa shape index (κ2) is 4.83. The van der Waals surface area contributed by atoms with Crippen molar-refractivity contribution in [2.75, 3.05) is 11.1 Å². The van der Waals surface area contributed by atoms with E-state index in [4.69, 9.17) is 5.73 Å². The largest absolute Gasteiger partial charge is 0.399 e. The summed E-state index contributed by atoms with van der Waals surface area (Å²) in [6.45, 7) is 0. The van der Waals surface area contributed by atoms with E-state index in [0.717, 1.165) is 12.1 Å². The second-order valence-electron chi connectivity index (χ2n) is 3.67. The van der Waals surface area contributed by atoms with Gasteiger partial charge >= 0.3 is 0 Å². The molecule has 0 radical (unpaired) electrons. The molecule has 0 saturated carbocycles. The summed E-state index contributed by atoms with van der Waals surface area (Å²) in [6, 6.07) is 9.23. The van der Waals surface area contributed by atoms with E-state index in [0.29, 0.717) is 5.69 Å². The quantitative estimate of drug-likeness (QED) is 0.803. The van der Waals surface area contributed by atoms with Gasteiger partial charge in [-0.2, -0.15) is 0 Å². The van der Waals surface area contributed by atoms with Crippen molar-refractivity contribution in [3.63, 3.8) is 0 Å². The van der Waals surface area contributed by atoms with E-state index in [1.165, 1.54) is 30.3 Å². The number of hydrogen-bond donors (Lipinski definition) is 2. The molecule has 5 heteroatoms. The van der Waals surface area contributed by atoms with Crippen molar-refractivity contribution in [3.8, 4) is 0 Å². The van der Waals surface area contributed by atoms with Gasteiger partial charge in [-0.05, 0) is 30.3 Å². The molecule has 3 N–H and O–H groups in total. The van der Waals surface area contributed by atoms with Crippen LogP contribution in [0.1, 0.15) is 10.4 Å². The monoisotopic (exact) mass is 248 g/mol. The first-order chi connectivity index (χ1) is 8.58. The van der Waals surface area contributed by atoms with Crippen molar-refractivity contribution in [2.45, 2.75) is 0 Å². The molecule has 0 saturated heterocycles. The van der Waals surface area contributed by atoms with Crippen LogP contribution in [0.3, 0.4) is 0 Å². The molecule has 2 rings (SSSR count). The Labute approximate surface area is 102 Å². The van der Waals surface area contributed by atoms with Crippen molar-refractivity contribution in [2.24, 2.45) is 0 Å². The summed E-state index contributed by atoms with van der Waals surface area (Å²) >= 11 is 0. The van der Waals surface area contributed by atoms with E-state index in [1.54, 1.807) is 0 Å². The number of anilines is 2. The number of nitrogen functional groups attached to an aromatic ring is 1. The SMILES string of the molecule is Nc1ccc(F)c(NC(=O)c2ccccc2F)c1. The van der Waals surface area contributed by atoms with Gasteiger partial charge in [0.15, 0.2) is 0 Å². The van der Waals surface area contributed by atoms with Gasteiger partial charge in [0, 0.05) is 5.69 Å². The van der Waals surface area contributed by atoms with Gasteiger partial charge in [-0.3, -0.25) is 4.79 Å². The number of halogens is 2. The molecule has 2 aromatic rings. The Hall–Kier alpha value is -2.43. The minimum absolute atomic E-state index is 0.0803. The summed E-state index contributed by atoms with van der Waals surface area (Å²) in [6.07, 6.45) is 0. The van der Waals surface area contributed by atoms with Gasteiger partial charge < -0.3 is 11.1 Å². The molecule has 1 amide bonds. The number of amides is 1. The molecule has 0 bridgehead atoms. The molecule has 2 aromatic carbocycles. The first-order valence-corrected chi connectivity index (χ1v) is 5.19. The van der Waals surface area contributed by atoms with E-state index in [2.05, 4.69) is 5.32 Å². The summed E-state index contributed by atoms with van der Waals surface area (Å²) in [5.41, 5.74) is 5.55. The van der Waals surface area contributed by atoms with Gasteiger partial charge in [0.25, 0.3) is 5.91 Å². The smallest absolute Gasteiger partial charge is 0.258 e. The number of hydrogen-bond acceptors (Lipinski definition) is 2. The summed E-state index contributed by atoms with van der Waals surface area (Å²) < 4.78 is 26.7. The molecule has 0 heterocycles. The molecule has 3 nitrogen and oxygen atoms in total. The van der Waals surface area contributed by atoms with Gasteiger partial charge in [0.2, 0.25) is 0 Å². The van der Waals surface area contributed by atoms with Crippen LogP contribution in [-0.4, -0.2) is 5.91 Å². The summed E-state index contributed by atoms with van der Waals surface area (Å²) in [5.74, 6) is -2.02. The van der Waals surface area contributed by atoms with Gasteiger partial charge in [0.1, 0.15) is 11.6 Å². The number of carbonyl (C=O) groups is 1. The van der Waals surface area contributed by atoms with Crippen LogP contribution < -0.4 is 11.1 Å². The van der Waals surface area contributed by atoms with Crippen LogP contribution in [0.5, 0.6) is 0 Å². The van der Waals surface area contributed by atoms with Gasteiger partial charge in [-0.15, -0.1) is 0 Å². The number of nitrogens with two attached hydrogens (primary N) is 1. The molecule has 0 aliphatic rings. The molecule has 0 aliphatic heterocycles. The highest BCUT2D eigenvalue weighted by molar-refractivity contribution is 6.04. The first-order valence-electron chi connectivity index (χ1n) is 5.19. The summed E-state index contributed by atoms with van der Waals surface area (Å²) in [7, 11) is 0. The standard InChI is InChI=1S/C13H10F2N2O/c14-10-4-2-1-3-9(10)13(18)17-12-7-8(16)5-6-11(12)15/h1-7H,16H2,(H,17,18). The number of benzene rings is 2. The van der Waals surface area contributed by atoms with E-state index < -0.39 is 17.5 Å². The Bertz CT molecular complexity index is 599. The normalized spacial score (nSPS) is 10.1. The fourth-order valence-electron chi connectivity index (χ4n) is 1.47. The van der Waals surface area contributed by atoms with Crippen LogP contribution in [0.4, 0.5) is 20.2 Å². The Balaban J connectivity index is 2.27. The summed E-state index contributed by atoms with van der Waals surface area (Å²) in [4.78, 5) is 11.7. The fraction of sp³-hybridized carbons (Fsp3) is 0. The van der Waals surface area contributed by atoms with Crippen molar-refractivity contribution < 1.29 is 13.6 Å². The van der Waals surface area contributed by atoms with Gasteiger partial charge in [-0.25, -0.2) is 8.78 Å². The number of nitrogens with one attached hydrogen (secondary N) is 1. The zero-order valence-corrected chi connectivity index (χ0v) is 9.28. The minimum atomic E-state index is -0.724. The predicted molar refractivity (Wildman–Crippen MR) is 65.2 cm³/mol. The lowest BCUT2D eigenvalue weighted by Gasteiger charge is -2.07. The maximum Gasteiger partial charge on any atom is 0.258 e. The van der Waals surface area contributed by atoms with E-state index >= 15 is 0 Å². The zero-order valence-electron chi connectivity index (χ0n) is 9.28. The third-order valence-corrected chi connectivity index (χ3v) is 2.36. The highest BCUT2D eigenvalue weighted by Gasteiger charge is 2.13. The van der Waals surface area contributed by atoms with Crippen LogP contribution in [0, 0.1) is 11.6 Å². The Kier molecular flexibility index (Phi) is 3.23. The highest BCUT2D eigenvalue weighted by atomic mass is 19.1. The van der Waals surface area contributed by atoms with Crippen molar-refractivity contribution >= 4 is 17.3 Å². The van der Waals surface area contributed by atoms with E-state index in [9.17, 15) is 13.6 Å². The maximum atomic E-state index is 13.4. The number of rotatable bonds is 2. The van der Waals surface area contributed by atoms with Crippen LogP contribution in [0.2, 0.25) is 0 Å². The lowest BCUT2D eigenvalue weighted by molar-refractivity contribution is 0.102. The highest BCUT2D eigenvalue weighted by Crippen LogP contribution is 2.18. The van der Waals surface area contributed by atoms with Crippen LogP contribution in [0.25, 0.3) is 0 Å². The third-order valence-electron chi connectivity index (χ3n) is 2.36.